The Morgan fingerprint density at radius 2 is 1.74 bits per heavy atom. The number of nitriles is 1. The first-order chi connectivity index (χ1) is 13.0. The van der Waals surface area contributed by atoms with Crippen LogP contribution < -0.4 is 0 Å². The van der Waals surface area contributed by atoms with Gasteiger partial charge in [-0.1, -0.05) is 11.6 Å². The van der Waals surface area contributed by atoms with Crippen molar-refractivity contribution in [3.05, 3.63) is 92.7 Å². The van der Waals surface area contributed by atoms with E-state index in [-0.39, 0.29) is 11.3 Å². The third-order valence-corrected chi connectivity index (χ3v) is 4.00. The highest BCUT2D eigenvalue weighted by Gasteiger charge is 2.14. The average Bonchev–Trinajstić information content (AvgIpc) is 3.15. The van der Waals surface area contributed by atoms with Gasteiger partial charge in [0.15, 0.2) is 0 Å². The molecule has 7 heteroatoms. The van der Waals surface area contributed by atoms with E-state index in [9.17, 15) is 20.2 Å². The molecule has 0 saturated heterocycles. The van der Waals surface area contributed by atoms with Gasteiger partial charge in [-0.25, -0.2) is 0 Å². The van der Waals surface area contributed by atoms with Crippen molar-refractivity contribution in [1.82, 2.24) is 0 Å². The Morgan fingerprint density at radius 1 is 1.07 bits per heavy atom. The van der Waals surface area contributed by atoms with Crippen LogP contribution in [0, 0.1) is 21.4 Å². The fourth-order valence-corrected chi connectivity index (χ4v) is 2.51. The molecule has 0 saturated carbocycles. The molecule has 6 nitrogen and oxygen atoms in total. The van der Waals surface area contributed by atoms with E-state index in [2.05, 4.69) is 0 Å². The van der Waals surface area contributed by atoms with Gasteiger partial charge in [-0.05, 0) is 48.5 Å². The highest BCUT2D eigenvalue weighted by molar-refractivity contribution is 6.30. The fourth-order valence-electron chi connectivity index (χ4n) is 2.38. The number of nitrogens with zero attached hydrogens (tertiary/aromatic N) is 2. The summed E-state index contributed by atoms with van der Waals surface area (Å²) in [5, 5.41) is 20.5. The van der Waals surface area contributed by atoms with Crippen LogP contribution in [0.5, 0.6) is 0 Å². The molecule has 0 fully saturated rings. The molecule has 0 N–H and O–H groups in total. The lowest BCUT2D eigenvalue weighted by Crippen LogP contribution is -2.01. The first-order valence-electron chi connectivity index (χ1n) is 7.74. The number of nitro groups is 1. The summed E-state index contributed by atoms with van der Waals surface area (Å²) in [6, 6.07) is 17.3. The van der Waals surface area contributed by atoms with Crippen molar-refractivity contribution in [3.8, 4) is 17.4 Å². The summed E-state index contributed by atoms with van der Waals surface area (Å²) >= 11 is 5.80. The number of carbonyl (C=O) groups excluding carboxylic acids is 1. The van der Waals surface area contributed by atoms with Gasteiger partial charge in [-0.2, -0.15) is 5.26 Å². The van der Waals surface area contributed by atoms with E-state index in [1.165, 1.54) is 18.2 Å². The monoisotopic (exact) mass is 378 g/mol. The zero-order valence-electron chi connectivity index (χ0n) is 13.8. The molecule has 0 atom stereocenters. The van der Waals surface area contributed by atoms with E-state index in [4.69, 9.17) is 16.0 Å². The van der Waals surface area contributed by atoms with Gasteiger partial charge in [0.1, 0.15) is 23.2 Å². The van der Waals surface area contributed by atoms with Crippen LogP contribution in [0.15, 0.2) is 70.7 Å². The Kier molecular flexibility index (Phi) is 5.15. The first-order valence-corrected chi connectivity index (χ1v) is 8.12. The van der Waals surface area contributed by atoms with Crippen molar-refractivity contribution in [2.24, 2.45) is 0 Å². The topological polar surface area (TPSA) is 97.1 Å². The number of Topliss-reactive ketones (excluding diaryl/α,β-unsaturated/α-hetero) is 1. The van der Waals surface area contributed by atoms with Crippen LogP contribution in [0.2, 0.25) is 5.02 Å². The maximum Gasteiger partial charge on any atom is 0.269 e. The number of carbonyl (C=O) groups is 1. The van der Waals surface area contributed by atoms with Crippen LogP contribution in [-0.4, -0.2) is 10.7 Å². The first kappa shape index (κ1) is 18.1. The van der Waals surface area contributed by atoms with E-state index in [1.807, 2.05) is 6.07 Å². The molecule has 3 rings (SSSR count). The van der Waals surface area contributed by atoms with Gasteiger partial charge in [0, 0.05) is 34.4 Å². The second-order valence-corrected chi connectivity index (χ2v) is 5.95. The number of rotatable bonds is 5. The van der Waals surface area contributed by atoms with E-state index < -0.39 is 10.7 Å². The number of halogens is 1. The number of hydrogen-bond donors (Lipinski definition) is 0. The Labute approximate surface area is 159 Å². The Bertz CT molecular complexity index is 1070. The zero-order chi connectivity index (χ0) is 19.4. The van der Waals surface area contributed by atoms with Crippen LogP contribution in [0.25, 0.3) is 17.4 Å². The van der Waals surface area contributed by atoms with Gasteiger partial charge in [-0.3, -0.25) is 14.9 Å². The van der Waals surface area contributed by atoms with Gasteiger partial charge >= 0.3 is 0 Å². The highest BCUT2D eigenvalue weighted by atomic mass is 35.5. The van der Waals surface area contributed by atoms with Crippen molar-refractivity contribution in [1.29, 1.82) is 5.26 Å². The number of ketones is 1. The standard InChI is InChI=1S/C20H11ClN2O4/c21-16-5-1-14(2-6-16)20(24)15(12-22)11-18-9-10-19(27-18)13-3-7-17(8-4-13)23(25)26/h1-11H/b15-11+. The van der Waals surface area contributed by atoms with Gasteiger partial charge in [0.2, 0.25) is 5.78 Å². The minimum absolute atomic E-state index is 0.0225. The summed E-state index contributed by atoms with van der Waals surface area (Å²) in [5.74, 6) is 0.344. The smallest absolute Gasteiger partial charge is 0.269 e. The molecule has 27 heavy (non-hydrogen) atoms. The molecule has 3 aromatic rings. The van der Waals surface area contributed by atoms with Gasteiger partial charge in [0.25, 0.3) is 5.69 Å². The molecular formula is C20H11ClN2O4. The molecule has 1 aromatic heterocycles. The van der Waals surface area contributed by atoms with Crippen LogP contribution >= 0.6 is 11.6 Å². The number of allylic oxidation sites excluding steroid dienone is 1. The van der Waals surface area contributed by atoms with Gasteiger partial charge in [-0.15, -0.1) is 0 Å². The summed E-state index contributed by atoms with van der Waals surface area (Å²) in [7, 11) is 0. The Balaban J connectivity index is 1.86. The number of nitro benzene ring substituents is 1. The molecule has 0 unspecified atom stereocenters. The summed E-state index contributed by atoms with van der Waals surface area (Å²) in [6.07, 6.45) is 1.35. The van der Waals surface area contributed by atoms with Crippen molar-refractivity contribution < 1.29 is 14.1 Å². The summed E-state index contributed by atoms with van der Waals surface area (Å²) in [4.78, 5) is 22.7. The molecule has 0 bridgehead atoms. The lowest BCUT2D eigenvalue weighted by Gasteiger charge is -1.99. The van der Waals surface area contributed by atoms with E-state index in [0.29, 0.717) is 27.7 Å². The molecular weight excluding hydrogens is 368 g/mol. The third kappa shape index (κ3) is 4.11. The maximum absolute atomic E-state index is 12.4. The minimum atomic E-state index is -0.484. The highest BCUT2D eigenvalue weighted by Crippen LogP contribution is 2.26. The molecule has 1 heterocycles. The normalized spacial score (nSPS) is 11.0. The fraction of sp³-hybridized carbons (Fsp3) is 0. The predicted molar refractivity (Wildman–Crippen MR) is 100 cm³/mol. The van der Waals surface area contributed by atoms with E-state index >= 15 is 0 Å². The Morgan fingerprint density at radius 3 is 2.33 bits per heavy atom. The summed E-state index contributed by atoms with van der Waals surface area (Å²) in [5.41, 5.74) is 0.879. The molecule has 0 radical (unpaired) electrons. The van der Waals surface area contributed by atoms with Crippen molar-refractivity contribution in [2.75, 3.05) is 0 Å². The summed E-state index contributed by atoms with van der Waals surface area (Å²) in [6.45, 7) is 0. The van der Waals surface area contributed by atoms with Gasteiger partial charge in [0.05, 0.1) is 4.92 Å². The number of benzene rings is 2. The van der Waals surface area contributed by atoms with Gasteiger partial charge < -0.3 is 4.42 Å². The van der Waals surface area contributed by atoms with Crippen LogP contribution in [-0.2, 0) is 0 Å². The minimum Gasteiger partial charge on any atom is -0.457 e. The lowest BCUT2D eigenvalue weighted by atomic mass is 10.0. The zero-order valence-corrected chi connectivity index (χ0v) is 14.5. The number of non-ortho nitro benzene ring substituents is 1. The van der Waals surface area contributed by atoms with E-state index in [0.717, 1.165) is 0 Å². The van der Waals surface area contributed by atoms with Crippen LogP contribution in [0.1, 0.15) is 16.1 Å². The molecule has 0 aliphatic rings. The molecule has 0 spiro atoms. The van der Waals surface area contributed by atoms with Crippen molar-refractivity contribution >= 4 is 29.1 Å². The molecule has 0 amide bonds. The second kappa shape index (κ2) is 7.68. The number of furan rings is 1. The molecule has 2 aromatic carbocycles. The van der Waals surface area contributed by atoms with Crippen molar-refractivity contribution in [3.63, 3.8) is 0 Å². The SMILES string of the molecule is N#C/C(=C\c1ccc(-c2ccc([N+](=O)[O-])cc2)o1)C(=O)c1ccc(Cl)cc1. The predicted octanol–water partition coefficient (Wildman–Crippen LogP) is 5.30. The van der Waals surface area contributed by atoms with Crippen molar-refractivity contribution in [2.45, 2.75) is 0 Å². The molecule has 0 aliphatic carbocycles. The largest absolute Gasteiger partial charge is 0.457 e. The summed E-state index contributed by atoms with van der Waals surface area (Å²) < 4.78 is 5.64. The second-order valence-electron chi connectivity index (χ2n) is 5.51. The quantitative estimate of drug-likeness (QED) is 0.197. The maximum atomic E-state index is 12.4. The third-order valence-electron chi connectivity index (χ3n) is 3.75. The van der Waals surface area contributed by atoms with Crippen LogP contribution in [0.4, 0.5) is 5.69 Å². The van der Waals surface area contributed by atoms with E-state index in [1.54, 1.807) is 48.5 Å². The van der Waals surface area contributed by atoms with Crippen LogP contribution in [0.3, 0.4) is 0 Å². The molecule has 132 valence electrons. The lowest BCUT2D eigenvalue weighted by molar-refractivity contribution is -0.384. The Hall–Kier alpha value is -3.69. The number of hydrogen-bond acceptors (Lipinski definition) is 5. The average molecular weight is 379 g/mol. The molecule has 0 aliphatic heterocycles.